The van der Waals surface area contributed by atoms with E-state index in [2.05, 4.69) is 6.92 Å². The molecule has 2 amide bonds. The van der Waals surface area contributed by atoms with E-state index in [0.29, 0.717) is 6.42 Å². The van der Waals surface area contributed by atoms with Crippen molar-refractivity contribution in [2.45, 2.75) is 45.4 Å². The van der Waals surface area contributed by atoms with Gasteiger partial charge in [0.25, 0.3) is 0 Å². The smallest absolute Gasteiger partial charge is 0.407 e. The number of primary amides is 1. The summed E-state index contributed by atoms with van der Waals surface area (Å²) in [7, 11) is 0. The van der Waals surface area contributed by atoms with E-state index >= 15 is 0 Å². The van der Waals surface area contributed by atoms with Crippen LogP contribution in [-0.2, 0) is 4.79 Å². The Kier molecular flexibility index (Phi) is 8.29. The zero-order chi connectivity index (χ0) is 12.4. The van der Waals surface area contributed by atoms with E-state index in [9.17, 15) is 9.59 Å². The van der Waals surface area contributed by atoms with Crippen LogP contribution < -0.4 is 5.73 Å². The van der Waals surface area contributed by atoms with Crippen molar-refractivity contribution in [3.8, 4) is 0 Å². The third-order valence-electron chi connectivity index (χ3n) is 2.40. The highest BCUT2D eigenvalue weighted by molar-refractivity contribution is 5.73. The molecular formula is C11H22N2O3. The van der Waals surface area contributed by atoms with Crippen LogP contribution in [0.1, 0.15) is 45.4 Å². The number of carbonyl (C=O) groups is 2. The second-order valence-corrected chi connectivity index (χ2v) is 3.90. The highest BCUT2D eigenvalue weighted by atomic mass is 16.4. The molecule has 0 atom stereocenters. The summed E-state index contributed by atoms with van der Waals surface area (Å²) in [6.45, 7) is 3.61. The monoisotopic (exact) mass is 230 g/mol. The lowest BCUT2D eigenvalue weighted by Gasteiger charge is -2.27. The molecule has 16 heavy (non-hydrogen) atoms. The number of carbonyl (C=O) groups excluding carboxylic acids is 1. The number of likely N-dealkylation sites (tertiary alicyclic amines) is 1. The minimum Gasteiger partial charge on any atom is -0.465 e. The first-order valence-electron chi connectivity index (χ1n) is 5.84. The zero-order valence-corrected chi connectivity index (χ0v) is 9.95. The fraction of sp³-hybridized carbons (Fsp3) is 0.818. The fourth-order valence-corrected chi connectivity index (χ4v) is 1.23. The molecule has 1 heterocycles. The molecule has 1 aliphatic heterocycles. The Labute approximate surface area is 96.6 Å². The predicted molar refractivity (Wildman–Crippen MR) is 62.2 cm³/mol. The van der Waals surface area contributed by atoms with Gasteiger partial charge in [-0.3, -0.25) is 4.79 Å². The highest BCUT2D eigenvalue weighted by Crippen LogP contribution is 2.03. The van der Waals surface area contributed by atoms with Crippen molar-refractivity contribution in [3.63, 3.8) is 0 Å². The van der Waals surface area contributed by atoms with Crippen LogP contribution in [0.2, 0.25) is 0 Å². The summed E-state index contributed by atoms with van der Waals surface area (Å²) in [5.41, 5.74) is 4.94. The van der Waals surface area contributed by atoms with Gasteiger partial charge in [-0.05, 0) is 12.8 Å². The first-order chi connectivity index (χ1) is 7.57. The number of hydrogen-bond acceptors (Lipinski definition) is 2. The Morgan fingerprint density at radius 2 is 1.88 bits per heavy atom. The minimum absolute atomic E-state index is 0.175. The molecule has 1 fully saturated rings. The van der Waals surface area contributed by atoms with Gasteiger partial charge < -0.3 is 15.7 Å². The van der Waals surface area contributed by atoms with Crippen molar-refractivity contribution in [1.29, 1.82) is 0 Å². The van der Waals surface area contributed by atoms with Gasteiger partial charge in [0, 0.05) is 19.5 Å². The third kappa shape index (κ3) is 8.08. The quantitative estimate of drug-likeness (QED) is 0.706. The number of hydrogen-bond donors (Lipinski definition) is 2. The van der Waals surface area contributed by atoms with Gasteiger partial charge in [-0.15, -0.1) is 0 Å². The molecule has 0 aromatic rings. The molecule has 0 aliphatic carbocycles. The van der Waals surface area contributed by atoms with Crippen molar-refractivity contribution in [1.82, 2.24) is 4.90 Å². The predicted octanol–water partition coefficient (Wildman–Crippen LogP) is 1.81. The number of rotatable bonds is 5. The van der Waals surface area contributed by atoms with Crippen molar-refractivity contribution < 1.29 is 14.7 Å². The first-order valence-corrected chi connectivity index (χ1v) is 5.84. The molecule has 0 saturated carbocycles. The lowest BCUT2D eigenvalue weighted by atomic mass is 10.1. The van der Waals surface area contributed by atoms with Crippen LogP contribution in [0, 0.1) is 0 Å². The van der Waals surface area contributed by atoms with Crippen LogP contribution in [-0.4, -0.2) is 35.1 Å². The van der Waals surface area contributed by atoms with E-state index in [-0.39, 0.29) is 5.91 Å². The van der Waals surface area contributed by atoms with Crippen molar-refractivity contribution in [2.75, 3.05) is 13.1 Å². The summed E-state index contributed by atoms with van der Waals surface area (Å²) in [5, 5.41) is 8.16. The standard InChI is InChI=1S/C7H15NO.C4H7NO2/c1-2-3-4-5-6-7(8)9;6-4(7)5-2-1-3-5/h2-6H2,1H3,(H2,8,9);1-3H2,(H,6,7). The highest BCUT2D eigenvalue weighted by Gasteiger charge is 2.17. The molecule has 0 aromatic carbocycles. The summed E-state index contributed by atoms with van der Waals surface area (Å²) >= 11 is 0. The fourth-order valence-electron chi connectivity index (χ4n) is 1.23. The number of carboxylic acid groups (broad SMARTS) is 1. The molecule has 1 aliphatic rings. The van der Waals surface area contributed by atoms with Gasteiger partial charge >= 0.3 is 6.09 Å². The summed E-state index contributed by atoms with van der Waals surface area (Å²) in [6.07, 6.45) is 5.33. The van der Waals surface area contributed by atoms with Gasteiger partial charge in [0.15, 0.2) is 0 Å². The van der Waals surface area contributed by atoms with Gasteiger partial charge in [0.2, 0.25) is 5.91 Å². The second-order valence-electron chi connectivity index (χ2n) is 3.90. The maximum Gasteiger partial charge on any atom is 0.407 e. The normalized spacial score (nSPS) is 13.4. The second kappa shape index (κ2) is 9.00. The number of amides is 2. The maximum atomic E-state index is 10.2. The van der Waals surface area contributed by atoms with E-state index in [4.69, 9.17) is 10.8 Å². The average molecular weight is 230 g/mol. The third-order valence-corrected chi connectivity index (χ3v) is 2.40. The largest absolute Gasteiger partial charge is 0.465 e. The van der Waals surface area contributed by atoms with Crippen molar-refractivity contribution in [3.05, 3.63) is 0 Å². The molecular weight excluding hydrogens is 208 g/mol. The van der Waals surface area contributed by atoms with Crippen molar-refractivity contribution >= 4 is 12.0 Å². The van der Waals surface area contributed by atoms with Crippen LogP contribution in [0.3, 0.4) is 0 Å². The molecule has 3 N–H and O–H groups in total. The molecule has 5 heteroatoms. The number of unbranched alkanes of at least 4 members (excludes halogenated alkanes) is 3. The molecule has 0 aromatic heterocycles. The molecule has 1 saturated heterocycles. The van der Waals surface area contributed by atoms with Gasteiger partial charge in [-0.25, -0.2) is 4.79 Å². The van der Waals surface area contributed by atoms with E-state index in [1.54, 1.807) is 0 Å². The van der Waals surface area contributed by atoms with Crippen molar-refractivity contribution in [2.24, 2.45) is 5.73 Å². The molecule has 0 unspecified atom stereocenters. The van der Waals surface area contributed by atoms with E-state index in [0.717, 1.165) is 32.4 Å². The molecule has 0 bridgehead atoms. The summed E-state index contributed by atoms with van der Waals surface area (Å²) in [6, 6.07) is 0. The van der Waals surface area contributed by atoms with Crippen LogP contribution in [0.4, 0.5) is 4.79 Å². The molecule has 0 radical (unpaired) electrons. The van der Waals surface area contributed by atoms with E-state index in [1.165, 1.54) is 17.7 Å². The molecule has 1 rings (SSSR count). The lowest BCUT2D eigenvalue weighted by Crippen LogP contribution is -2.40. The van der Waals surface area contributed by atoms with Crippen LogP contribution >= 0.6 is 0 Å². The Bertz CT molecular complexity index is 215. The molecule has 0 spiro atoms. The zero-order valence-electron chi connectivity index (χ0n) is 9.95. The van der Waals surface area contributed by atoms with Gasteiger partial charge in [-0.2, -0.15) is 0 Å². The number of nitrogens with two attached hydrogens (primary N) is 1. The van der Waals surface area contributed by atoms with Crippen LogP contribution in [0.25, 0.3) is 0 Å². The molecule has 94 valence electrons. The Morgan fingerprint density at radius 1 is 1.25 bits per heavy atom. The Balaban J connectivity index is 0.000000288. The number of nitrogens with zero attached hydrogens (tertiary/aromatic N) is 1. The van der Waals surface area contributed by atoms with Gasteiger partial charge in [0.1, 0.15) is 0 Å². The Hall–Kier alpha value is -1.26. The molecule has 5 nitrogen and oxygen atoms in total. The van der Waals surface area contributed by atoms with Crippen LogP contribution in [0.15, 0.2) is 0 Å². The van der Waals surface area contributed by atoms with E-state index in [1.807, 2.05) is 0 Å². The van der Waals surface area contributed by atoms with Gasteiger partial charge in [0.05, 0.1) is 0 Å². The minimum atomic E-state index is -0.786. The first kappa shape index (κ1) is 14.7. The van der Waals surface area contributed by atoms with E-state index < -0.39 is 6.09 Å². The van der Waals surface area contributed by atoms with Gasteiger partial charge in [-0.1, -0.05) is 26.2 Å². The maximum absolute atomic E-state index is 10.2. The summed E-state index contributed by atoms with van der Waals surface area (Å²) in [4.78, 5) is 21.5. The van der Waals surface area contributed by atoms with Crippen LogP contribution in [0.5, 0.6) is 0 Å². The lowest BCUT2D eigenvalue weighted by molar-refractivity contribution is -0.118. The SMILES string of the molecule is CCCCCCC(N)=O.O=C(O)N1CCC1. The summed E-state index contributed by atoms with van der Waals surface area (Å²) in [5.74, 6) is -0.175. The Morgan fingerprint density at radius 3 is 2.12 bits per heavy atom. The topological polar surface area (TPSA) is 83.6 Å². The summed E-state index contributed by atoms with van der Waals surface area (Å²) < 4.78 is 0. The average Bonchev–Trinajstić information content (AvgIpc) is 2.09.